The van der Waals surface area contributed by atoms with Gasteiger partial charge in [0.25, 0.3) is 0 Å². The smallest absolute Gasteiger partial charge is 0.0331 e. The predicted molar refractivity (Wildman–Crippen MR) is 91.2 cm³/mol. The van der Waals surface area contributed by atoms with E-state index in [0.29, 0.717) is 3.92 Å². The maximum atomic E-state index is 2.49. The van der Waals surface area contributed by atoms with E-state index >= 15 is 0 Å². The molecule has 0 amide bonds. The van der Waals surface area contributed by atoms with E-state index in [9.17, 15) is 0 Å². The lowest BCUT2D eigenvalue weighted by atomic mass is 9.86. The zero-order valence-corrected chi connectivity index (χ0v) is 15.1. The van der Waals surface area contributed by atoms with Gasteiger partial charge in [-0.25, -0.2) is 10.0 Å². The summed E-state index contributed by atoms with van der Waals surface area (Å²) in [5.74, 6) is 0. The van der Waals surface area contributed by atoms with Crippen molar-refractivity contribution in [2.75, 3.05) is 18.8 Å². The quantitative estimate of drug-likeness (QED) is 0.478. The van der Waals surface area contributed by atoms with Gasteiger partial charge in [0.1, 0.15) is 0 Å². The van der Waals surface area contributed by atoms with Crippen molar-refractivity contribution >= 4 is 32.6 Å². The van der Waals surface area contributed by atoms with Crippen molar-refractivity contribution in [2.45, 2.75) is 41.9 Å². The molecular weight excluding hydrogens is 339 g/mol. The standard InChI is InChI=1S/C15H25IS/c1-11(16)12-8-9-14(17(5,6)7)13(10-12)15(2,3)4/h8-11H,1-7H3. The summed E-state index contributed by atoms with van der Waals surface area (Å²) >= 11 is 2.49. The molecule has 0 spiro atoms. The van der Waals surface area contributed by atoms with Gasteiger partial charge in [-0.3, -0.25) is 0 Å². The fourth-order valence-corrected chi connectivity index (χ4v) is 3.80. The normalized spacial score (nSPS) is 15.8. The lowest BCUT2D eigenvalue weighted by Crippen LogP contribution is -2.15. The van der Waals surface area contributed by atoms with E-state index in [1.165, 1.54) is 11.1 Å². The average Bonchev–Trinajstić information content (AvgIpc) is 2.14. The lowest BCUT2D eigenvalue weighted by molar-refractivity contribution is 0.576. The van der Waals surface area contributed by atoms with Crippen molar-refractivity contribution in [3.63, 3.8) is 0 Å². The van der Waals surface area contributed by atoms with Gasteiger partial charge in [0, 0.05) is 3.92 Å². The molecular formula is C15H25IS. The molecule has 0 radical (unpaired) electrons. The summed E-state index contributed by atoms with van der Waals surface area (Å²) in [5.41, 5.74) is 3.21. The van der Waals surface area contributed by atoms with Crippen LogP contribution in [0.25, 0.3) is 0 Å². The van der Waals surface area contributed by atoms with Gasteiger partial charge in [-0.2, -0.15) is 0 Å². The summed E-state index contributed by atoms with van der Waals surface area (Å²) in [6.07, 6.45) is 7.14. The first kappa shape index (κ1) is 15.4. The first-order valence-corrected chi connectivity index (χ1v) is 10.1. The molecule has 0 saturated heterocycles. The second-order valence-electron chi connectivity index (χ2n) is 6.46. The van der Waals surface area contributed by atoms with Crippen LogP contribution in [0.3, 0.4) is 0 Å². The molecule has 0 heterocycles. The van der Waals surface area contributed by atoms with Crippen LogP contribution in [-0.4, -0.2) is 18.8 Å². The van der Waals surface area contributed by atoms with Crippen LogP contribution in [0.4, 0.5) is 0 Å². The van der Waals surface area contributed by atoms with Crippen LogP contribution in [0.2, 0.25) is 0 Å². The fourth-order valence-electron chi connectivity index (χ4n) is 1.92. The van der Waals surface area contributed by atoms with Crippen molar-refractivity contribution < 1.29 is 0 Å². The highest BCUT2D eigenvalue weighted by Gasteiger charge is 2.23. The summed E-state index contributed by atoms with van der Waals surface area (Å²) in [6, 6.07) is 7.09. The van der Waals surface area contributed by atoms with Gasteiger partial charge >= 0.3 is 0 Å². The minimum Gasteiger partial charge on any atom is -0.223 e. The number of hydrogen-bond acceptors (Lipinski definition) is 0. The number of halogens is 1. The molecule has 0 nitrogen and oxygen atoms in total. The summed E-state index contributed by atoms with van der Waals surface area (Å²) in [5, 5.41) is 0. The zero-order valence-electron chi connectivity index (χ0n) is 12.1. The van der Waals surface area contributed by atoms with Gasteiger partial charge in [-0.15, -0.1) is 0 Å². The molecule has 1 unspecified atom stereocenters. The van der Waals surface area contributed by atoms with Crippen LogP contribution in [0, 0.1) is 0 Å². The largest absolute Gasteiger partial charge is 0.223 e. The van der Waals surface area contributed by atoms with Crippen molar-refractivity contribution in [1.29, 1.82) is 0 Å². The van der Waals surface area contributed by atoms with Crippen LogP contribution in [0.5, 0.6) is 0 Å². The van der Waals surface area contributed by atoms with Gasteiger partial charge in [0.15, 0.2) is 0 Å². The molecule has 0 aliphatic carbocycles. The SMILES string of the molecule is CC(I)c1ccc(S(C)(C)C)c(C(C)(C)C)c1. The lowest BCUT2D eigenvalue weighted by Gasteiger charge is -2.34. The number of rotatable bonds is 2. The molecule has 1 aromatic rings. The van der Waals surface area contributed by atoms with Crippen LogP contribution < -0.4 is 0 Å². The Morgan fingerprint density at radius 2 is 1.65 bits per heavy atom. The van der Waals surface area contributed by atoms with E-state index in [2.05, 4.69) is 87.3 Å². The molecule has 98 valence electrons. The van der Waals surface area contributed by atoms with Crippen molar-refractivity contribution in [1.82, 2.24) is 0 Å². The molecule has 1 aromatic carbocycles. The Kier molecular flexibility index (Phi) is 4.63. The minimum absolute atomic E-state index is 0.233. The second-order valence-corrected chi connectivity index (χ2v) is 12.4. The van der Waals surface area contributed by atoms with E-state index in [-0.39, 0.29) is 5.41 Å². The third-order valence-corrected chi connectivity index (χ3v) is 5.33. The predicted octanol–water partition coefficient (Wildman–Crippen LogP) is 5.53. The maximum Gasteiger partial charge on any atom is 0.0331 e. The molecule has 17 heavy (non-hydrogen) atoms. The van der Waals surface area contributed by atoms with Crippen LogP contribution in [-0.2, 0) is 5.41 Å². The van der Waals surface area contributed by atoms with Gasteiger partial charge in [-0.05, 0) is 53.2 Å². The summed E-state index contributed by atoms with van der Waals surface area (Å²) in [4.78, 5) is 1.56. The van der Waals surface area contributed by atoms with Crippen molar-refractivity contribution in [3.8, 4) is 0 Å². The Hall–Kier alpha value is 0.300. The van der Waals surface area contributed by atoms with E-state index < -0.39 is 10.0 Å². The third kappa shape index (κ3) is 3.88. The number of benzene rings is 1. The first-order valence-electron chi connectivity index (χ1n) is 6.00. The molecule has 0 aliphatic heterocycles. The fraction of sp³-hybridized carbons (Fsp3) is 0.600. The molecule has 0 N–H and O–H groups in total. The van der Waals surface area contributed by atoms with Gasteiger partial charge < -0.3 is 0 Å². The molecule has 2 heteroatoms. The Bertz CT molecular complexity index is 394. The van der Waals surface area contributed by atoms with Gasteiger partial charge in [0.05, 0.1) is 0 Å². The van der Waals surface area contributed by atoms with Crippen LogP contribution >= 0.6 is 32.6 Å². The van der Waals surface area contributed by atoms with E-state index in [1.807, 2.05) is 0 Å². The minimum atomic E-state index is -0.662. The molecule has 0 aliphatic rings. The van der Waals surface area contributed by atoms with Crippen molar-refractivity contribution in [3.05, 3.63) is 29.3 Å². The van der Waals surface area contributed by atoms with Crippen molar-refractivity contribution in [2.24, 2.45) is 0 Å². The van der Waals surface area contributed by atoms with Gasteiger partial charge in [0.2, 0.25) is 0 Å². The Morgan fingerprint density at radius 3 is 2.00 bits per heavy atom. The summed E-state index contributed by atoms with van der Waals surface area (Å²) in [6.45, 7) is 9.21. The van der Waals surface area contributed by atoms with Gasteiger partial charge in [-0.1, -0.05) is 55.5 Å². The Labute approximate surface area is 122 Å². The second kappa shape index (κ2) is 5.12. The highest BCUT2D eigenvalue weighted by Crippen LogP contribution is 2.50. The number of hydrogen-bond donors (Lipinski definition) is 0. The molecule has 1 atom stereocenters. The van der Waals surface area contributed by atoms with E-state index in [1.54, 1.807) is 4.90 Å². The van der Waals surface area contributed by atoms with E-state index in [0.717, 1.165) is 0 Å². The highest BCUT2D eigenvalue weighted by atomic mass is 127. The topological polar surface area (TPSA) is 0 Å². The molecule has 0 aromatic heterocycles. The third-order valence-electron chi connectivity index (χ3n) is 2.93. The Balaban J connectivity index is 3.43. The van der Waals surface area contributed by atoms with Crippen LogP contribution in [0.1, 0.15) is 42.7 Å². The Morgan fingerprint density at radius 1 is 1.12 bits per heavy atom. The van der Waals surface area contributed by atoms with E-state index in [4.69, 9.17) is 0 Å². The molecule has 0 bridgehead atoms. The summed E-state index contributed by atoms with van der Waals surface area (Å²) in [7, 11) is -0.662. The number of alkyl halides is 1. The maximum absolute atomic E-state index is 2.49. The van der Waals surface area contributed by atoms with Crippen LogP contribution in [0.15, 0.2) is 23.1 Å². The molecule has 0 fully saturated rings. The molecule has 1 rings (SSSR count). The highest BCUT2D eigenvalue weighted by molar-refractivity contribution is 14.1. The molecule has 0 saturated carbocycles. The average molecular weight is 364 g/mol. The monoisotopic (exact) mass is 364 g/mol. The summed E-state index contributed by atoms with van der Waals surface area (Å²) < 4.78 is 0.581. The zero-order chi connectivity index (χ0) is 13.4. The first-order chi connectivity index (χ1) is 7.53.